The summed E-state index contributed by atoms with van der Waals surface area (Å²) in [4.78, 5) is 7.52. The molecule has 0 saturated carbocycles. The fourth-order valence-electron chi connectivity index (χ4n) is 3.16. The molecule has 1 aromatic heterocycles. The molecule has 0 bridgehead atoms. The summed E-state index contributed by atoms with van der Waals surface area (Å²) in [5, 5.41) is 2.20. The first-order valence-corrected chi connectivity index (χ1v) is 10.4. The standard InChI is InChI=1S/C18H18F5N5O2S/c1-17(9-31(29,30)28(2)16(24)27-17)12-7-11(4-5-13(12)20)26-15(18(21,22)23)14-6-3-10(19)8-25-14/h3-8,15,26H,9H2,1-2H3,(H2,24,27)/t15?,17-/m0/s1. The third-order valence-electron chi connectivity index (χ3n) is 4.80. The maximum absolute atomic E-state index is 14.6. The lowest BCUT2D eigenvalue weighted by atomic mass is 9.93. The lowest BCUT2D eigenvalue weighted by molar-refractivity contribution is -0.144. The van der Waals surface area contributed by atoms with Gasteiger partial charge in [0.1, 0.15) is 17.2 Å². The molecule has 7 nitrogen and oxygen atoms in total. The monoisotopic (exact) mass is 463 g/mol. The fraction of sp³-hybridized carbons (Fsp3) is 0.333. The minimum absolute atomic E-state index is 0.170. The maximum Gasteiger partial charge on any atom is 0.414 e. The van der Waals surface area contributed by atoms with Gasteiger partial charge in [-0.25, -0.2) is 26.5 Å². The van der Waals surface area contributed by atoms with Crippen molar-refractivity contribution in [3.8, 4) is 0 Å². The average molecular weight is 463 g/mol. The van der Waals surface area contributed by atoms with Gasteiger partial charge in [-0.2, -0.15) is 13.2 Å². The summed E-state index contributed by atoms with van der Waals surface area (Å²) in [6.45, 7) is 1.31. The number of alkyl halides is 3. The van der Waals surface area contributed by atoms with E-state index in [9.17, 15) is 30.4 Å². The topological polar surface area (TPSA) is 101 Å². The molecule has 2 atom stereocenters. The van der Waals surface area contributed by atoms with Gasteiger partial charge in [0.2, 0.25) is 16.0 Å². The number of aliphatic imine (C=N–C) groups is 1. The number of hydrogen-bond acceptors (Lipinski definition) is 6. The first kappa shape index (κ1) is 22.7. The minimum Gasteiger partial charge on any atom is -0.369 e. The molecule has 1 aliphatic heterocycles. The predicted molar refractivity (Wildman–Crippen MR) is 104 cm³/mol. The average Bonchev–Trinajstić information content (AvgIpc) is 2.65. The van der Waals surface area contributed by atoms with Crippen molar-refractivity contribution in [3.05, 3.63) is 59.4 Å². The van der Waals surface area contributed by atoms with Gasteiger partial charge >= 0.3 is 6.18 Å². The van der Waals surface area contributed by atoms with Crippen molar-refractivity contribution < 1.29 is 30.4 Å². The molecule has 168 valence electrons. The van der Waals surface area contributed by atoms with Gasteiger partial charge in [-0.3, -0.25) is 4.98 Å². The Hall–Kier alpha value is -2.96. The third-order valence-corrected chi connectivity index (χ3v) is 6.74. The van der Waals surface area contributed by atoms with Gasteiger partial charge in [-0.05, 0) is 37.3 Å². The first-order chi connectivity index (χ1) is 14.2. The number of sulfonamides is 1. The summed E-state index contributed by atoms with van der Waals surface area (Å²) in [6.07, 6.45) is -4.17. The van der Waals surface area contributed by atoms with E-state index in [1.54, 1.807) is 0 Å². The van der Waals surface area contributed by atoms with Gasteiger partial charge in [0.15, 0.2) is 6.04 Å². The van der Waals surface area contributed by atoms with E-state index in [1.807, 2.05) is 0 Å². The fourth-order valence-corrected chi connectivity index (χ4v) is 4.61. The molecule has 2 heterocycles. The Kier molecular flexibility index (Phi) is 5.59. The SMILES string of the molecule is CN1C(N)=N[C@](C)(c2cc(NC(c3ccc(F)cn3)C(F)(F)F)ccc2F)CS1(=O)=O. The number of anilines is 1. The van der Waals surface area contributed by atoms with Crippen molar-refractivity contribution in [2.75, 3.05) is 18.1 Å². The Morgan fingerprint density at radius 3 is 2.45 bits per heavy atom. The van der Waals surface area contributed by atoms with E-state index in [2.05, 4.69) is 15.3 Å². The number of halogens is 5. The Balaban J connectivity index is 2.03. The molecule has 3 rings (SSSR count). The van der Waals surface area contributed by atoms with Crippen LogP contribution in [0.5, 0.6) is 0 Å². The lowest BCUT2D eigenvalue weighted by Crippen LogP contribution is -2.50. The Labute approximate surface area is 174 Å². The summed E-state index contributed by atoms with van der Waals surface area (Å²) in [7, 11) is -2.74. The van der Waals surface area contributed by atoms with Crippen LogP contribution >= 0.6 is 0 Å². The Morgan fingerprint density at radius 1 is 1.23 bits per heavy atom. The number of rotatable bonds is 4. The number of pyridine rings is 1. The molecule has 0 spiro atoms. The summed E-state index contributed by atoms with van der Waals surface area (Å²) < 4.78 is 93.9. The van der Waals surface area contributed by atoms with Crippen molar-refractivity contribution in [2.45, 2.75) is 24.7 Å². The molecule has 0 aliphatic carbocycles. The normalized spacial score (nSPS) is 22.0. The molecule has 0 radical (unpaired) electrons. The van der Waals surface area contributed by atoms with E-state index in [0.29, 0.717) is 6.20 Å². The van der Waals surface area contributed by atoms with Crippen LogP contribution in [-0.2, 0) is 15.6 Å². The zero-order valence-corrected chi connectivity index (χ0v) is 17.1. The second-order valence-electron chi connectivity index (χ2n) is 7.18. The summed E-state index contributed by atoms with van der Waals surface area (Å²) in [6, 6.07) is 2.37. The van der Waals surface area contributed by atoms with Crippen LogP contribution in [0.2, 0.25) is 0 Å². The summed E-state index contributed by atoms with van der Waals surface area (Å²) >= 11 is 0. The number of nitrogens with two attached hydrogens (primary N) is 1. The van der Waals surface area contributed by atoms with Crippen LogP contribution in [0.3, 0.4) is 0 Å². The smallest absolute Gasteiger partial charge is 0.369 e. The first-order valence-electron chi connectivity index (χ1n) is 8.79. The minimum atomic E-state index is -4.82. The van der Waals surface area contributed by atoms with Gasteiger partial charge in [-0.15, -0.1) is 0 Å². The maximum atomic E-state index is 14.6. The summed E-state index contributed by atoms with van der Waals surface area (Å²) in [5.41, 5.74) is 3.05. The number of benzene rings is 1. The molecular weight excluding hydrogens is 445 g/mol. The number of aromatic nitrogens is 1. The van der Waals surface area contributed by atoms with Crippen LogP contribution in [0.25, 0.3) is 0 Å². The van der Waals surface area contributed by atoms with Crippen LogP contribution in [-0.4, -0.2) is 42.6 Å². The molecule has 3 N–H and O–H groups in total. The van der Waals surface area contributed by atoms with Gasteiger partial charge in [0.25, 0.3) is 0 Å². The number of guanidine groups is 1. The molecule has 1 aliphatic rings. The van der Waals surface area contributed by atoms with Crippen LogP contribution in [0.15, 0.2) is 41.5 Å². The van der Waals surface area contributed by atoms with Crippen molar-refractivity contribution in [2.24, 2.45) is 10.7 Å². The van der Waals surface area contributed by atoms with Crippen LogP contribution < -0.4 is 11.1 Å². The molecular formula is C18H18F5N5O2S. The molecule has 0 saturated heterocycles. The van der Waals surface area contributed by atoms with Gasteiger partial charge in [-0.1, -0.05) is 0 Å². The van der Waals surface area contributed by atoms with Crippen molar-refractivity contribution in [1.82, 2.24) is 9.29 Å². The highest BCUT2D eigenvalue weighted by molar-refractivity contribution is 7.89. The molecule has 13 heteroatoms. The van der Waals surface area contributed by atoms with E-state index >= 15 is 0 Å². The van der Waals surface area contributed by atoms with E-state index in [4.69, 9.17) is 5.73 Å². The number of nitrogens with one attached hydrogen (secondary N) is 1. The highest BCUT2D eigenvalue weighted by atomic mass is 32.2. The Bertz CT molecular complexity index is 1120. The second-order valence-corrected chi connectivity index (χ2v) is 9.18. The largest absolute Gasteiger partial charge is 0.414 e. The predicted octanol–water partition coefficient (Wildman–Crippen LogP) is 2.88. The second kappa shape index (κ2) is 7.62. The van der Waals surface area contributed by atoms with Crippen molar-refractivity contribution in [3.63, 3.8) is 0 Å². The number of nitrogens with zero attached hydrogens (tertiary/aromatic N) is 3. The lowest BCUT2D eigenvalue weighted by Gasteiger charge is -2.35. The quantitative estimate of drug-likeness (QED) is 0.680. The van der Waals surface area contributed by atoms with E-state index in [-0.39, 0.29) is 17.2 Å². The van der Waals surface area contributed by atoms with Crippen molar-refractivity contribution >= 4 is 21.7 Å². The van der Waals surface area contributed by atoms with Crippen LogP contribution in [0.4, 0.5) is 27.6 Å². The highest BCUT2D eigenvalue weighted by Crippen LogP contribution is 2.38. The number of hydrogen-bond donors (Lipinski definition) is 2. The molecule has 31 heavy (non-hydrogen) atoms. The van der Waals surface area contributed by atoms with Gasteiger partial charge in [0, 0.05) is 18.3 Å². The van der Waals surface area contributed by atoms with E-state index in [0.717, 1.165) is 34.6 Å². The Morgan fingerprint density at radius 2 is 1.90 bits per heavy atom. The highest BCUT2D eigenvalue weighted by Gasteiger charge is 2.44. The molecule has 0 fully saturated rings. The zero-order chi connectivity index (χ0) is 23.2. The molecule has 2 aromatic rings. The van der Waals surface area contributed by atoms with E-state index < -0.39 is 50.9 Å². The molecule has 1 unspecified atom stereocenters. The van der Waals surface area contributed by atoms with Crippen LogP contribution in [0.1, 0.15) is 24.2 Å². The molecule has 1 aromatic carbocycles. The molecule has 0 amide bonds. The zero-order valence-electron chi connectivity index (χ0n) is 16.3. The van der Waals surface area contributed by atoms with Gasteiger partial charge in [0.05, 0.1) is 17.6 Å². The summed E-state index contributed by atoms with van der Waals surface area (Å²) in [5.74, 6) is -2.69. The van der Waals surface area contributed by atoms with Crippen LogP contribution in [0, 0.1) is 11.6 Å². The van der Waals surface area contributed by atoms with Crippen molar-refractivity contribution in [1.29, 1.82) is 0 Å². The third kappa shape index (κ3) is 4.55. The van der Waals surface area contributed by atoms with E-state index in [1.165, 1.54) is 14.0 Å². The van der Waals surface area contributed by atoms with Gasteiger partial charge < -0.3 is 11.1 Å².